The van der Waals surface area contributed by atoms with Crippen molar-refractivity contribution in [2.24, 2.45) is 0 Å². The fourth-order valence-electron chi connectivity index (χ4n) is 3.60. The van der Waals surface area contributed by atoms with E-state index in [4.69, 9.17) is 9.15 Å². The maximum absolute atomic E-state index is 13.0. The van der Waals surface area contributed by atoms with Gasteiger partial charge in [0.2, 0.25) is 5.76 Å². The topological polar surface area (TPSA) is 71.8 Å². The van der Waals surface area contributed by atoms with Crippen molar-refractivity contribution in [1.29, 1.82) is 0 Å². The number of aryl methyl sites for hydroxylation is 1. The number of nitrogens with one attached hydrogen (secondary N) is 1. The molecule has 0 atom stereocenters. The van der Waals surface area contributed by atoms with Gasteiger partial charge in [0.05, 0.1) is 18.6 Å². The molecule has 6 heteroatoms. The van der Waals surface area contributed by atoms with Crippen LogP contribution in [0.25, 0.3) is 21.9 Å². The van der Waals surface area contributed by atoms with E-state index in [1.807, 2.05) is 43.3 Å². The van der Waals surface area contributed by atoms with Gasteiger partial charge in [0.1, 0.15) is 0 Å². The highest BCUT2D eigenvalue weighted by Gasteiger charge is 2.21. The van der Waals surface area contributed by atoms with E-state index in [0.717, 1.165) is 30.8 Å². The number of hydrogen-bond donors (Lipinski definition) is 1. The van der Waals surface area contributed by atoms with Gasteiger partial charge in [-0.3, -0.25) is 9.69 Å². The molecule has 1 amide bonds. The number of carbonyl (C=O) groups is 1. The van der Waals surface area contributed by atoms with Gasteiger partial charge in [-0.2, -0.15) is 0 Å². The fraction of sp³-hybridized carbons (Fsp3) is 0.304. The lowest BCUT2D eigenvalue weighted by molar-refractivity contribution is 0.0382. The molecule has 0 aliphatic carbocycles. The van der Waals surface area contributed by atoms with E-state index < -0.39 is 5.63 Å². The Kier molecular flexibility index (Phi) is 5.74. The van der Waals surface area contributed by atoms with Crippen LogP contribution in [-0.4, -0.2) is 50.2 Å². The van der Waals surface area contributed by atoms with Crippen molar-refractivity contribution in [3.8, 4) is 11.1 Å². The third-order valence-electron chi connectivity index (χ3n) is 5.20. The molecular weight excluding hydrogens is 368 g/mol. The van der Waals surface area contributed by atoms with E-state index >= 15 is 0 Å². The summed E-state index contributed by atoms with van der Waals surface area (Å²) in [7, 11) is 0. The third kappa shape index (κ3) is 4.23. The van der Waals surface area contributed by atoms with Crippen LogP contribution < -0.4 is 10.9 Å². The number of carbonyl (C=O) groups excluding carboxylic acids is 1. The molecule has 150 valence electrons. The highest BCUT2D eigenvalue weighted by molar-refractivity contribution is 6.07. The minimum absolute atomic E-state index is 0.0551. The Morgan fingerprint density at radius 2 is 1.72 bits per heavy atom. The van der Waals surface area contributed by atoms with Crippen molar-refractivity contribution in [3.05, 3.63) is 70.3 Å². The molecule has 3 aromatic rings. The van der Waals surface area contributed by atoms with Crippen LogP contribution in [0.2, 0.25) is 0 Å². The van der Waals surface area contributed by atoms with Crippen LogP contribution in [0.5, 0.6) is 0 Å². The van der Waals surface area contributed by atoms with Crippen LogP contribution >= 0.6 is 0 Å². The Hall–Kier alpha value is -2.96. The molecule has 29 heavy (non-hydrogen) atoms. The van der Waals surface area contributed by atoms with Crippen LogP contribution in [0.3, 0.4) is 0 Å². The van der Waals surface area contributed by atoms with Gasteiger partial charge in [-0.05, 0) is 18.6 Å². The lowest BCUT2D eigenvalue weighted by Crippen LogP contribution is -2.41. The summed E-state index contributed by atoms with van der Waals surface area (Å²) < 4.78 is 10.9. The van der Waals surface area contributed by atoms with E-state index in [1.54, 1.807) is 12.1 Å². The summed E-state index contributed by atoms with van der Waals surface area (Å²) in [6.45, 7) is 6.35. The molecule has 1 aliphatic rings. The van der Waals surface area contributed by atoms with Crippen molar-refractivity contribution >= 4 is 16.7 Å². The van der Waals surface area contributed by atoms with Crippen LogP contribution in [0.15, 0.2) is 57.7 Å². The number of morpholine rings is 1. The third-order valence-corrected chi connectivity index (χ3v) is 5.20. The number of benzene rings is 2. The quantitative estimate of drug-likeness (QED) is 0.723. The summed E-state index contributed by atoms with van der Waals surface area (Å²) in [4.78, 5) is 27.7. The second-order valence-corrected chi connectivity index (χ2v) is 7.22. The highest BCUT2D eigenvalue weighted by atomic mass is 16.5. The number of rotatable bonds is 5. The van der Waals surface area contributed by atoms with Crippen LogP contribution in [-0.2, 0) is 4.74 Å². The zero-order valence-corrected chi connectivity index (χ0v) is 16.4. The first-order chi connectivity index (χ1) is 14.1. The Morgan fingerprint density at radius 3 is 2.45 bits per heavy atom. The maximum atomic E-state index is 13.0. The molecule has 0 unspecified atom stereocenters. The molecular formula is C23H24N2O4. The molecule has 1 N–H and O–H groups in total. The fourth-order valence-corrected chi connectivity index (χ4v) is 3.60. The summed E-state index contributed by atoms with van der Waals surface area (Å²) in [6.07, 6.45) is 0. The molecule has 4 rings (SSSR count). The molecule has 0 spiro atoms. The van der Waals surface area contributed by atoms with E-state index in [1.165, 1.54) is 0 Å². The van der Waals surface area contributed by atoms with Crippen LogP contribution in [0.4, 0.5) is 0 Å². The number of hydrogen-bond acceptors (Lipinski definition) is 5. The highest BCUT2D eigenvalue weighted by Crippen LogP contribution is 2.30. The van der Waals surface area contributed by atoms with Crippen molar-refractivity contribution in [2.75, 3.05) is 39.4 Å². The lowest BCUT2D eigenvalue weighted by Gasteiger charge is -2.26. The summed E-state index contributed by atoms with van der Waals surface area (Å²) in [5, 5.41) is 4.09. The zero-order valence-electron chi connectivity index (χ0n) is 16.4. The molecule has 1 aliphatic heterocycles. The number of ether oxygens (including phenoxy) is 1. The van der Waals surface area contributed by atoms with Gasteiger partial charge in [-0.1, -0.05) is 48.0 Å². The molecule has 0 radical (unpaired) electrons. The second-order valence-electron chi connectivity index (χ2n) is 7.22. The predicted molar refractivity (Wildman–Crippen MR) is 112 cm³/mol. The second kappa shape index (κ2) is 8.59. The average Bonchev–Trinajstić information content (AvgIpc) is 2.75. The summed E-state index contributed by atoms with van der Waals surface area (Å²) in [5.41, 5.74) is 2.10. The van der Waals surface area contributed by atoms with E-state index in [2.05, 4.69) is 10.2 Å². The van der Waals surface area contributed by atoms with E-state index in [9.17, 15) is 9.59 Å². The van der Waals surface area contributed by atoms with Gasteiger partial charge in [0.15, 0.2) is 0 Å². The molecule has 1 saturated heterocycles. The molecule has 1 aromatic heterocycles. The van der Waals surface area contributed by atoms with Gasteiger partial charge in [0.25, 0.3) is 5.91 Å². The maximum Gasteiger partial charge on any atom is 0.344 e. The zero-order chi connectivity index (χ0) is 20.2. The molecule has 6 nitrogen and oxygen atoms in total. The normalized spacial score (nSPS) is 14.8. The van der Waals surface area contributed by atoms with E-state index in [-0.39, 0.29) is 11.7 Å². The largest absolute Gasteiger partial charge is 0.416 e. The Morgan fingerprint density at radius 1 is 1.03 bits per heavy atom. The summed E-state index contributed by atoms with van der Waals surface area (Å²) in [5.74, 6) is -0.323. The summed E-state index contributed by atoms with van der Waals surface area (Å²) >= 11 is 0. The van der Waals surface area contributed by atoms with Crippen molar-refractivity contribution in [2.45, 2.75) is 6.92 Å². The van der Waals surface area contributed by atoms with E-state index in [0.29, 0.717) is 36.1 Å². The Bertz CT molecular complexity index is 1070. The molecule has 2 aromatic carbocycles. The Balaban J connectivity index is 1.67. The lowest BCUT2D eigenvalue weighted by atomic mass is 9.97. The standard InChI is InChI=1S/C23H24N2O4/c1-16-6-8-17(9-7-16)20-18-4-2-3-5-19(18)23(27)29-21(20)22(26)24-10-11-25-12-14-28-15-13-25/h2-9H,10-15H2,1H3,(H,24,26). The van der Waals surface area contributed by atoms with Gasteiger partial charge >= 0.3 is 5.63 Å². The van der Waals surface area contributed by atoms with Gasteiger partial charge < -0.3 is 14.5 Å². The van der Waals surface area contributed by atoms with Crippen molar-refractivity contribution in [3.63, 3.8) is 0 Å². The minimum Gasteiger partial charge on any atom is -0.416 e. The average molecular weight is 392 g/mol. The summed E-state index contributed by atoms with van der Waals surface area (Å²) in [6, 6.07) is 15.1. The first-order valence-corrected chi connectivity index (χ1v) is 9.84. The molecule has 0 bridgehead atoms. The Labute approximate surface area is 169 Å². The smallest absolute Gasteiger partial charge is 0.344 e. The monoisotopic (exact) mass is 392 g/mol. The first kappa shape index (κ1) is 19.4. The minimum atomic E-state index is -0.505. The number of fused-ring (bicyclic) bond motifs is 1. The number of amides is 1. The first-order valence-electron chi connectivity index (χ1n) is 9.84. The SMILES string of the molecule is Cc1ccc(-c2c(C(=O)NCCN3CCOCC3)oc(=O)c3ccccc23)cc1. The van der Waals surface area contributed by atoms with Crippen molar-refractivity contribution < 1.29 is 13.9 Å². The van der Waals surface area contributed by atoms with Gasteiger partial charge in [-0.25, -0.2) is 4.79 Å². The van der Waals surface area contributed by atoms with Gasteiger partial charge in [0, 0.05) is 37.1 Å². The van der Waals surface area contributed by atoms with Gasteiger partial charge in [-0.15, -0.1) is 0 Å². The van der Waals surface area contributed by atoms with Crippen LogP contribution in [0, 0.1) is 6.92 Å². The molecule has 0 saturated carbocycles. The predicted octanol–water partition coefficient (Wildman–Crippen LogP) is 2.83. The van der Waals surface area contributed by atoms with Crippen molar-refractivity contribution in [1.82, 2.24) is 10.2 Å². The molecule has 2 heterocycles. The van der Waals surface area contributed by atoms with Crippen LogP contribution in [0.1, 0.15) is 16.1 Å². The number of nitrogens with zero attached hydrogens (tertiary/aromatic N) is 1. The molecule has 1 fully saturated rings.